The van der Waals surface area contributed by atoms with E-state index in [2.05, 4.69) is 14.7 Å². The van der Waals surface area contributed by atoms with Crippen molar-refractivity contribution in [3.05, 3.63) is 94.8 Å². The van der Waals surface area contributed by atoms with Gasteiger partial charge >= 0.3 is 12.3 Å². The van der Waals surface area contributed by atoms with Crippen LogP contribution in [-0.2, 0) is 27.3 Å². The maximum atomic E-state index is 13.1. The van der Waals surface area contributed by atoms with Gasteiger partial charge in [0.15, 0.2) is 0 Å². The standard InChI is InChI=1S/C20H16ClF3N4O5S.C10H12F2N/c21-14-2-1-3-15-18(14)26-17(10-25-15)27-8-9-28(16(11-27)19(29)30)34(31,32)13-6-4-12(5-7-13)33-20(22,23)24;1-2-10(11,12)9-5-3-8(7-13)4-6-9/h1-7,10,16H,8-9,11H2,(H,29,30);3-6,13H,2,7H2,1H3/q;-1/t16-;/m1./s1. The molecule has 47 heavy (non-hydrogen) atoms. The molecule has 3 aromatic carbocycles. The van der Waals surface area contributed by atoms with Gasteiger partial charge in [0.05, 0.1) is 21.6 Å². The van der Waals surface area contributed by atoms with Gasteiger partial charge in [-0.05, 0) is 36.4 Å². The average molecular weight is 701 g/mol. The summed E-state index contributed by atoms with van der Waals surface area (Å²) in [7, 11) is -4.33. The molecule has 0 radical (unpaired) electrons. The molecule has 1 atom stereocenters. The number of carboxylic acids is 1. The van der Waals surface area contributed by atoms with Crippen LogP contribution in [0.1, 0.15) is 24.5 Å². The molecule has 5 rings (SSSR count). The van der Waals surface area contributed by atoms with E-state index in [0.717, 1.165) is 34.1 Å². The van der Waals surface area contributed by atoms with Crippen molar-refractivity contribution in [1.29, 1.82) is 0 Å². The molecule has 1 aromatic heterocycles. The summed E-state index contributed by atoms with van der Waals surface area (Å²) in [5.74, 6) is -4.39. The van der Waals surface area contributed by atoms with Crippen LogP contribution in [-0.4, -0.2) is 65.8 Å². The number of aliphatic carboxylic acids is 1. The fourth-order valence-corrected chi connectivity index (χ4v) is 6.40. The molecular formula is C30H28ClF5N5O5S-. The number of ether oxygens (including phenoxy) is 1. The lowest BCUT2D eigenvalue weighted by molar-refractivity contribution is -0.274. The second kappa shape index (κ2) is 14.3. The monoisotopic (exact) mass is 700 g/mol. The lowest BCUT2D eigenvalue weighted by Crippen LogP contribution is -2.58. The normalized spacial score (nSPS) is 16.0. The van der Waals surface area contributed by atoms with Crippen LogP contribution < -0.4 is 9.64 Å². The number of sulfonamides is 1. The van der Waals surface area contributed by atoms with Crippen LogP contribution in [0, 0.1) is 0 Å². The molecule has 1 fully saturated rings. The number of nitrogens with zero attached hydrogens (tertiary/aromatic N) is 4. The minimum absolute atomic E-state index is 0.0344. The third kappa shape index (κ3) is 8.62. The van der Waals surface area contributed by atoms with E-state index in [-0.39, 0.29) is 43.1 Å². The minimum Gasteiger partial charge on any atom is -0.674 e. The smallest absolute Gasteiger partial charge is 0.573 e. The molecule has 4 aromatic rings. The van der Waals surface area contributed by atoms with Crippen LogP contribution in [0.3, 0.4) is 0 Å². The number of benzene rings is 3. The third-order valence-corrected chi connectivity index (χ3v) is 9.37. The lowest BCUT2D eigenvalue weighted by Gasteiger charge is -2.38. The van der Waals surface area contributed by atoms with E-state index < -0.39 is 40.1 Å². The Morgan fingerprint density at radius 3 is 2.28 bits per heavy atom. The largest absolute Gasteiger partial charge is 0.674 e. The molecule has 17 heteroatoms. The third-order valence-electron chi connectivity index (χ3n) is 7.14. The van der Waals surface area contributed by atoms with E-state index in [9.17, 15) is 40.3 Å². The molecule has 1 aliphatic rings. The van der Waals surface area contributed by atoms with Crippen molar-refractivity contribution in [3.63, 3.8) is 0 Å². The molecule has 10 nitrogen and oxygen atoms in total. The molecule has 2 heterocycles. The highest BCUT2D eigenvalue weighted by Gasteiger charge is 2.41. The number of nitrogens with one attached hydrogen (secondary N) is 1. The Balaban J connectivity index is 0.000000323. The number of hydrogen-bond acceptors (Lipinski definition) is 7. The second-order valence-corrected chi connectivity index (χ2v) is 12.5. The van der Waals surface area contributed by atoms with Gasteiger partial charge in [-0.3, -0.25) is 9.78 Å². The maximum Gasteiger partial charge on any atom is 0.573 e. The number of anilines is 1. The van der Waals surface area contributed by atoms with Gasteiger partial charge in [-0.15, -0.1) is 19.7 Å². The van der Waals surface area contributed by atoms with E-state index in [4.69, 9.17) is 17.3 Å². The molecule has 0 saturated carbocycles. The SMILES string of the molecule is CCC(F)(F)c1ccc(C[NH-])cc1.O=C(O)[C@H]1CN(c2cnc3cccc(Cl)c3n2)CCN1S(=O)(=O)c1ccc(OC(F)(F)F)cc1. The number of aromatic nitrogens is 2. The highest BCUT2D eigenvalue weighted by Crippen LogP contribution is 2.32. The fourth-order valence-electron chi connectivity index (χ4n) is 4.62. The topological polar surface area (TPSA) is 137 Å². The molecule has 1 aliphatic heterocycles. The summed E-state index contributed by atoms with van der Waals surface area (Å²) in [5.41, 5.74) is 8.79. The summed E-state index contributed by atoms with van der Waals surface area (Å²) >= 11 is 6.17. The molecule has 0 amide bonds. The van der Waals surface area contributed by atoms with E-state index in [1.165, 1.54) is 25.3 Å². The number of fused-ring (bicyclic) bond motifs is 1. The first-order valence-electron chi connectivity index (χ1n) is 13.9. The van der Waals surface area contributed by atoms with E-state index in [0.29, 0.717) is 21.9 Å². The summed E-state index contributed by atoms with van der Waals surface area (Å²) in [6, 6.07) is 13.1. The van der Waals surface area contributed by atoms with Crippen molar-refractivity contribution >= 4 is 44.4 Å². The van der Waals surface area contributed by atoms with Crippen molar-refractivity contribution in [3.8, 4) is 5.75 Å². The van der Waals surface area contributed by atoms with Gasteiger partial charge in [0.1, 0.15) is 23.1 Å². The highest BCUT2D eigenvalue weighted by atomic mass is 35.5. The number of carboxylic acid groups (broad SMARTS) is 1. The van der Waals surface area contributed by atoms with Crippen LogP contribution >= 0.6 is 11.6 Å². The van der Waals surface area contributed by atoms with Gasteiger partial charge < -0.3 is 20.5 Å². The van der Waals surface area contributed by atoms with E-state index in [1.54, 1.807) is 35.2 Å². The van der Waals surface area contributed by atoms with Crippen molar-refractivity contribution in [2.45, 2.75) is 43.1 Å². The van der Waals surface area contributed by atoms with Crippen LogP contribution in [0.2, 0.25) is 5.02 Å². The van der Waals surface area contributed by atoms with Crippen LogP contribution in [0.5, 0.6) is 5.75 Å². The van der Waals surface area contributed by atoms with E-state index in [1.807, 2.05) is 0 Å². The fraction of sp³-hybridized carbons (Fsp3) is 0.300. The first kappa shape index (κ1) is 35.7. The number of rotatable bonds is 8. The maximum absolute atomic E-state index is 13.1. The van der Waals surface area contributed by atoms with Crippen molar-refractivity contribution < 1.29 is 45.0 Å². The van der Waals surface area contributed by atoms with Crippen LogP contribution in [0.25, 0.3) is 16.8 Å². The molecule has 1 saturated heterocycles. The molecule has 0 aliphatic carbocycles. The lowest BCUT2D eigenvalue weighted by atomic mass is 10.0. The van der Waals surface area contributed by atoms with Gasteiger partial charge in [-0.1, -0.05) is 54.4 Å². The number of piperazine rings is 1. The Morgan fingerprint density at radius 1 is 1.04 bits per heavy atom. The number of halogens is 6. The molecule has 0 spiro atoms. The predicted molar refractivity (Wildman–Crippen MR) is 164 cm³/mol. The Bertz CT molecular complexity index is 1810. The number of hydrogen-bond donors (Lipinski definition) is 1. The summed E-state index contributed by atoms with van der Waals surface area (Å²) in [6.45, 7) is 1.26. The molecule has 2 N–H and O–H groups in total. The Labute approximate surface area is 271 Å². The van der Waals surface area contributed by atoms with Crippen LogP contribution in [0.4, 0.5) is 27.8 Å². The van der Waals surface area contributed by atoms with Crippen LogP contribution in [0.15, 0.2) is 77.8 Å². The Morgan fingerprint density at radius 2 is 1.70 bits per heavy atom. The number of para-hydroxylation sites is 1. The van der Waals surface area contributed by atoms with E-state index >= 15 is 0 Å². The Hall–Kier alpha value is -4.12. The predicted octanol–water partition coefficient (Wildman–Crippen LogP) is 6.89. The van der Waals surface area contributed by atoms with Gasteiger partial charge in [0, 0.05) is 31.6 Å². The molecule has 0 unspecified atom stereocenters. The van der Waals surface area contributed by atoms with Gasteiger partial charge in [0.2, 0.25) is 10.0 Å². The van der Waals surface area contributed by atoms with Crippen molar-refractivity contribution in [1.82, 2.24) is 14.3 Å². The molecular weight excluding hydrogens is 673 g/mol. The zero-order valence-electron chi connectivity index (χ0n) is 24.6. The summed E-state index contributed by atoms with van der Waals surface area (Å²) in [6.07, 6.45) is -3.67. The molecule has 252 valence electrons. The number of carbonyl (C=O) groups is 1. The van der Waals surface area contributed by atoms with Gasteiger partial charge in [-0.2, -0.15) is 4.31 Å². The summed E-state index contributed by atoms with van der Waals surface area (Å²) in [5, 5.41) is 10.1. The zero-order chi connectivity index (χ0) is 34.6. The molecule has 0 bridgehead atoms. The number of alkyl halides is 5. The quantitative estimate of drug-likeness (QED) is 0.196. The average Bonchev–Trinajstić information content (AvgIpc) is 3.04. The zero-order valence-corrected chi connectivity index (χ0v) is 26.2. The van der Waals surface area contributed by atoms with Gasteiger partial charge in [0.25, 0.3) is 5.92 Å². The first-order chi connectivity index (χ1) is 22.1. The van der Waals surface area contributed by atoms with Gasteiger partial charge in [-0.25, -0.2) is 22.2 Å². The van der Waals surface area contributed by atoms with Crippen molar-refractivity contribution in [2.75, 3.05) is 24.5 Å². The second-order valence-electron chi connectivity index (χ2n) is 10.2. The Kier molecular flexibility index (Phi) is 10.9. The first-order valence-corrected chi connectivity index (χ1v) is 15.8. The summed E-state index contributed by atoms with van der Waals surface area (Å²) in [4.78, 5) is 21.9. The summed E-state index contributed by atoms with van der Waals surface area (Å²) < 4.78 is 94.0. The minimum atomic E-state index is -4.93. The highest BCUT2D eigenvalue weighted by molar-refractivity contribution is 7.89. The van der Waals surface area contributed by atoms with Crippen molar-refractivity contribution in [2.24, 2.45) is 0 Å².